The number of esters is 1. The third kappa shape index (κ3) is 5.36. The molecule has 0 saturated heterocycles. The zero-order valence-electron chi connectivity index (χ0n) is 13.0. The summed E-state index contributed by atoms with van der Waals surface area (Å²) in [7, 11) is 0. The molecule has 0 saturated carbocycles. The van der Waals surface area contributed by atoms with Gasteiger partial charge in [0.2, 0.25) is 0 Å². The zero-order valence-corrected chi connectivity index (χ0v) is 15.1. The Morgan fingerprint density at radius 1 is 1.13 bits per heavy atom. The van der Waals surface area contributed by atoms with Gasteiger partial charge in [-0.05, 0) is 19.3 Å². The lowest BCUT2D eigenvalue weighted by molar-refractivity contribution is -0.374. The smallest absolute Gasteiger partial charge is 0.426 e. The van der Waals surface area contributed by atoms with Crippen LogP contribution < -0.4 is 0 Å². The van der Waals surface area contributed by atoms with Crippen LogP contribution in [0.2, 0.25) is 0 Å². The highest BCUT2D eigenvalue weighted by Crippen LogP contribution is 2.47. The molecule has 10 heteroatoms. The van der Waals surface area contributed by atoms with Gasteiger partial charge < -0.3 is 9.84 Å². The minimum absolute atomic E-state index is 0.278. The van der Waals surface area contributed by atoms with Gasteiger partial charge in [0.05, 0.1) is 0 Å². The highest BCUT2D eigenvalue weighted by molar-refractivity contribution is 14.1. The van der Waals surface area contributed by atoms with E-state index < -0.39 is 45.8 Å². The molecule has 3 nitrogen and oxygen atoms in total. The van der Waals surface area contributed by atoms with Gasteiger partial charge in [0.15, 0.2) is 0 Å². The first kappa shape index (κ1) is 22.7. The molecule has 0 aromatic carbocycles. The van der Waals surface area contributed by atoms with Gasteiger partial charge in [-0.3, -0.25) is 4.79 Å². The van der Waals surface area contributed by atoms with E-state index in [9.17, 15) is 36.2 Å². The van der Waals surface area contributed by atoms with Crippen LogP contribution in [0.15, 0.2) is 0 Å². The average Bonchev–Trinajstić information content (AvgIpc) is 2.34. The van der Waals surface area contributed by atoms with Crippen molar-refractivity contribution in [3.05, 3.63) is 0 Å². The van der Waals surface area contributed by atoms with Crippen molar-refractivity contribution in [1.29, 1.82) is 0 Å². The maximum Gasteiger partial charge on any atom is 0.426 e. The molecule has 2 atom stereocenters. The van der Waals surface area contributed by atoms with Crippen molar-refractivity contribution in [2.75, 3.05) is 0 Å². The normalized spacial score (nSPS) is 17.8. The molecule has 0 amide bonds. The summed E-state index contributed by atoms with van der Waals surface area (Å²) in [6, 6.07) is 0. The summed E-state index contributed by atoms with van der Waals surface area (Å²) < 4.78 is 80.3. The van der Waals surface area contributed by atoms with E-state index in [0.29, 0.717) is 0 Å². The fraction of sp³-hybridized carbons (Fsp3) is 0.923. The number of hydrogen-bond donors (Lipinski definition) is 1. The van der Waals surface area contributed by atoms with E-state index in [-0.39, 0.29) is 6.42 Å². The van der Waals surface area contributed by atoms with Crippen LogP contribution >= 0.6 is 22.6 Å². The van der Waals surface area contributed by atoms with Crippen molar-refractivity contribution in [3.63, 3.8) is 0 Å². The lowest BCUT2D eigenvalue weighted by atomic mass is 9.89. The average molecular weight is 464 g/mol. The molecule has 1 N–H and O–H groups in total. The van der Waals surface area contributed by atoms with E-state index in [1.807, 2.05) is 0 Å². The molecule has 0 aliphatic heterocycles. The lowest BCUT2D eigenvalue weighted by Crippen LogP contribution is -2.59. The standard InChI is InChI=1S/C13H19F6IO3/c1-5-10(4,20)9(21)23-8(7(2)3)6-11(22,12(14,15)16)13(17,18)19/h7-8,22H,5-6H2,1-4H3. The monoisotopic (exact) mass is 464 g/mol. The first-order valence-corrected chi connectivity index (χ1v) is 7.83. The number of hydrogen-bond acceptors (Lipinski definition) is 3. The Kier molecular flexibility index (Phi) is 7.24. The summed E-state index contributed by atoms with van der Waals surface area (Å²) in [5.74, 6) is -1.77. The third-order valence-corrected chi connectivity index (χ3v) is 4.73. The van der Waals surface area contributed by atoms with Gasteiger partial charge in [0, 0.05) is 6.42 Å². The highest BCUT2D eigenvalue weighted by Gasteiger charge is 2.71. The van der Waals surface area contributed by atoms with E-state index in [1.54, 1.807) is 29.5 Å². The number of aliphatic hydroxyl groups is 1. The van der Waals surface area contributed by atoms with Gasteiger partial charge in [-0.25, -0.2) is 0 Å². The molecule has 0 heterocycles. The number of rotatable bonds is 6. The Bertz CT molecular complexity index is 403. The third-order valence-electron chi connectivity index (χ3n) is 3.53. The van der Waals surface area contributed by atoms with Crippen LogP contribution in [0.1, 0.15) is 40.5 Å². The molecule has 0 aliphatic rings. The zero-order chi connectivity index (χ0) is 18.9. The maximum atomic E-state index is 12.7. The topological polar surface area (TPSA) is 46.5 Å². The SMILES string of the molecule is CCC(C)(I)C(=O)OC(CC(O)(C(F)(F)F)C(F)(F)F)C(C)C. The predicted molar refractivity (Wildman–Crippen MR) is 79.1 cm³/mol. The second-order valence-corrected chi connectivity index (χ2v) is 8.18. The summed E-state index contributed by atoms with van der Waals surface area (Å²) >= 11 is 1.71. The molecule has 0 aromatic rings. The summed E-state index contributed by atoms with van der Waals surface area (Å²) in [6.45, 7) is 5.69. The number of ether oxygens (including phenoxy) is 1. The van der Waals surface area contributed by atoms with Gasteiger partial charge in [-0.15, -0.1) is 0 Å². The summed E-state index contributed by atoms with van der Waals surface area (Å²) in [6.07, 6.45) is -15.1. The van der Waals surface area contributed by atoms with Crippen molar-refractivity contribution in [2.45, 2.75) is 68.0 Å². The minimum Gasteiger partial charge on any atom is -0.461 e. The second kappa shape index (κ2) is 7.32. The van der Waals surface area contributed by atoms with E-state index >= 15 is 0 Å². The number of carbonyl (C=O) groups excluding carboxylic acids is 1. The Morgan fingerprint density at radius 2 is 1.52 bits per heavy atom. The molecular weight excluding hydrogens is 445 g/mol. The molecule has 0 aromatic heterocycles. The molecule has 0 rings (SSSR count). The Labute approximate surface area is 143 Å². The second-order valence-electron chi connectivity index (χ2n) is 5.80. The molecule has 0 fully saturated rings. The molecule has 0 aliphatic carbocycles. The van der Waals surface area contributed by atoms with Crippen LogP contribution in [0.25, 0.3) is 0 Å². The summed E-state index contributed by atoms with van der Waals surface area (Å²) in [4.78, 5) is 11.9. The van der Waals surface area contributed by atoms with E-state index in [2.05, 4.69) is 0 Å². The molecular formula is C13H19F6IO3. The number of halogens is 7. The van der Waals surface area contributed by atoms with Crippen molar-refractivity contribution < 1.29 is 41.0 Å². The Balaban J connectivity index is 5.54. The quantitative estimate of drug-likeness (QED) is 0.275. The largest absolute Gasteiger partial charge is 0.461 e. The van der Waals surface area contributed by atoms with Crippen LogP contribution in [0.5, 0.6) is 0 Å². The van der Waals surface area contributed by atoms with E-state index in [1.165, 1.54) is 20.8 Å². The first-order chi connectivity index (χ1) is 9.99. The van der Waals surface area contributed by atoms with Crippen molar-refractivity contribution in [1.82, 2.24) is 0 Å². The van der Waals surface area contributed by atoms with Crippen LogP contribution in [-0.2, 0) is 9.53 Å². The number of carbonyl (C=O) groups is 1. The molecule has 2 unspecified atom stereocenters. The molecule has 0 radical (unpaired) electrons. The fourth-order valence-corrected chi connectivity index (χ4v) is 1.63. The molecule has 23 heavy (non-hydrogen) atoms. The van der Waals surface area contributed by atoms with E-state index in [0.717, 1.165) is 0 Å². The van der Waals surface area contributed by atoms with Crippen molar-refractivity contribution in [2.24, 2.45) is 5.92 Å². The van der Waals surface area contributed by atoms with Gasteiger partial charge in [-0.1, -0.05) is 43.4 Å². The number of alkyl halides is 7. The molecule has 138 valence electrons. The minimum atomic E-state index is -5.94. The Hall–Kier alpha value is -0.260. The van der Waals surface area contributed by atoms with Crippen molar-refractivity contribution >= 4 is 28.6 Å². The van der Waals surface area contributed by atoms with Gasteiger partial charge in [0.1, 0.15) is 9.53 Å². The lowest BCUT2D eigenvalue weighted by Gasteiger charge is -2.36. The van der Waals surface area contributed by atoms with Crippen LogP contribution in [0.4, 0.5) is 26.3 Å². The molecule has 0 bridgehead atoms. The van der Waals surface area contributed by atoms with Crippen LogP contribution in [-0.4, -0.2) is 38.6 Å². The first-order valence-electron chi connectivity index (χ1n) is 6.75. The van der Waals surface area contributed by atoms with Crippen LogP contribution in [0.3, 0.4) is 0 Å². The summed E-state index contributed by atoms with van der Waals surface area (Å²) in [5.41, 5.74) is -4.94. The van der Waals surface area contributed by atoms with E-state index in [4.69, 9.17) is 4.74 Å². The maximum absolute atomic E-state index is 12.7. The Morgan fingerprint density at radius 3 is 1.78 bits per heavy atom. The van der Waals surface area contributed by atoms with Crippen LogP contribution in [0, 0.1) is 5.92 Å². The molecule has 0 spiro atoms. The van der Waals surface area contributed by atoms with Gasteiger partial charge >= 0.3 is 18.3 Å². The summed E-state index contributed by atoms with van der Waals surface area (Å²) in [5, 5.41) is 9.23. The van der Waals surface area contributed by atoms with Gasteiger partial charge in [0.25, 0.3) is 5.60 Å². The van der Waals surface area contributed by atoms with Crippen molar-refractivity contribution in [3.8, 4) is 0 Å². The highest BCUT2D eigenvalue weighted by atomic mass is 127. The van der Waals surface area contributed by atoms with Gasteiger partial charge in [-0.2, -0.15) is 26.3 Å². The predicted octanol–water partition coefficient (Wildman–Crippen LogP) is 4.40. The fourth-order valence-electron chi connectivity index (χ4n) is 1.50.